The lowest BCUT2D eigenvalue weighted by molar-refractivity contribution is -0.183. The van der Waals surface area contributed by atoms with E-state index >= 15 is 0 Å². The van der Waals surface area contributed by atoms with Crippen molar-refractivity contribution in [2.45, 2.75) is 39.0 Å². The Labute approximate surface area is 131 Å². The van der Waals surface area contributed by atoms with Crippen molar-refractivity contribution < 1.29 is 37.4 Å². The van der Waals surface area contributed by atoms with E-state index in [1.807, 2.05) is 5.32 Å². The average Bonchev–Trinajstić information content (AvgIpc) is 2.41. The largest absolute Gasteiger partial charge is 0.480 e. The summed E-state index contributed by atoms with van der Waals surface area (Å²) in [4.78, 5) is 33.9. The molecule has 0 aliphatic rings. The first-order valence-electron chi connectivity index (χ1n) is 6.82. The zero-order chi connectivity index (χ0) is 18.4. The average molecular weight is 342 g/mol. The summed E-state index contributed by atoms with van der Waals surface area (Å²) in [5, 5.41) is 13.1. The predicted molar refractivity (Wildman–Crippen MR) is 73.4 cm³/mol. The van der Waals surface area contributed by atoms with Gasteiger partial charge in [0.15, 0.2) is 0 Å². The first kappa shape index (κ1) is 21.2. The third kappa shape index (κ3) is 6.85. The summed E-state index contributed by atoms with van der Waals surface area (Å²) in [7, 11) is 1.08. The zero-order valence-corrected chi connectivity index (χ0v) is 13.2. The molecule has 0 aromatic heterocycles. The summed E-state index contributed by atoms with van der Waals surface area (Å²) >= 11 is 0. The van der Waals surface area contributed by atoms with Crippen LogP contribution in [0.4, 0.5) is 13.2 Å². The number of halogens is 3. The van der Waals surface area contributed by atoms with Crippen molar-refractivity contribution >= 4 is 17.8 Å². The molecule has 7 nitrogen and oxygen atoms in total. The molecule has 0 saturated heterocycles. The summed E-state index contributed by atoms with van der Waals surface area (Å²) in [6.45, 7) is 3.32. The quantitative estimate of drug-likeness (QED) is 0.556. The standard InChI is InChI=1S/C13H21F3N2O5/c1-6(2)9(11(20)21)18-10(19)8(13(14,15)16)5-17-7(3)12(22)23-4/h6-9,17H,5H2,1-4H3,(H,18,19)(H,20,21)/t7-,8+,9-/m0/s1. The van der Waals surface area contributed by atoms with Crippen LogP contribution in [-0.2, 0) is 19.1 Å². The summed E-state index contributed by atoms with van der Waals surface area (Å²) in [6, 6.07) is -2.48. The molecule has 0 rings (SSSR count). The number of alkyl halides is 3. The van der Waals surface area contributed by atoms with Crippen LogP contribution in [0.1, 0.15) is 20.8 Å². The maximum atomic E-state index is 13.0. The second-order valence-electron chi connectivity index (χ2n) is 5.32. The van der Waals surface area contributed by atoms with Gasteiger partial charge in [0, 0.05) is 6.54 Å². The van der Waals surface area contributed by atoms with Gasteiger partial charge in [-0.15, -0.1) is 0 Å². The number of hydrogen-bond acceptors (Lipinski definition) is 5. The van der Waals surface area contributed by atoms with Crippen molar-refractivity contribution in [3.8, 4) is 0 Å². The van der Waals surface area contributed by atoms with E-state index in [0.29, 0.717) is 0 Å². The second kappa shape index (κ2) is 8.70. The Morgan fingerprint density at radius 2 is 1.70 bits per heavy atom. The van der Waals surface area contributed by atoms with Gasteiger partial charge in [-0.25, -0.2) is 4.79 Å². The van der Waals surface area contributed by atoms with E-state index in [2.05, 4.69) is 10.1 Å². The molecule has 0 spiro atoms. The Morgan fingerprint density at radius 3 is 2.04 bits per heavy atom. The molecule has 0 aromatic rings. The van der Waals surface area contributed by atoms with Crippen molar-refractivity contribution in [2.75, 3.05) is 13.7 Å². The Hall–Kier alpha value is -1.84. The molecule has 1 amide bonds. The fraction of sp³-hybridized carbons (Fsp3) is 0.769. The van der Waals surface area contributed by atoms with Crippen molar-refractivity contribution in [1.29, 1.82) is 0 Å². The molecule has 0 saturated carbocycles. The lowest BCUT2D eigenvalue weighted by atomic mass is 10.0. The number of carbonyl (C=O) groups excluding carboxylic acids is 2. The van der Waals surface area contributed by atoms with Crippen LogP contribution in [0.2, 0.25) is 0 Å². The normalized spacial score (nSPS) is 15.7. The fourth-order valence-corrected chi connectivity index (χ4v) is 1.68. The molecule has 23 heavy (non-hydrogen) atoms. The maximum absolute atomic E-state index is 13.0. The summed E-state index contributed by atoms with van der Waals surface area (Å²) in [5.74, 6) is -6.76. The number of rotatable bonds is 8. The van der Waals surface area contributed by atoms with Gasteiger partial charge in [-0.2, -0.15) is 13.2 Å². The van der Waals surface area contributed by atoms with Crippen molar-refractivity contribution in [3.05, 3.63) is 0 Å². The minimum absolute atomic E-state index is 0.590. The van der Waals surface area contributed by atoms with Gasteiger partial charge in [-0.05, 0) is 12.8 Å². The highest BCUT2D eigenvalue weighted by Crippen LogP contribution is 2.26. The van der Waals surface area contributed by atoms with Crippen molar-refractivity contribution in [3.63, 3.8) is 0 Å². The van der Waals surface area contributed by atoms with Crippen molar-refractivity contribution in [2.24, 2.45) is 11.8 Å². The van der Waals surface area contributed by atoms with Crippen LogP contribution in [0.15, 0.2) is 0 Å². The van der Waals surface area contributed by atoms with Gasteiger partial charge in [-0.3, -0.25) is 9.59 Å². The van der Waals surface area contributed by atoms with Crippen LogP contribution >= 0.6 is 0 Å². The Bertz CT molecular complexity index is 440. The predicted octanol–water partition coefficient (Wildman–Crippen LogP) is 0.541. The van der Waals surface area contributed by atoms with Crippen LogP contribution in [0.25, 0.3) is 0 Å². The number of ether oxygens (including phenoxy) is 1. The summed E-state index contributed by atoms with van der Waals surface area (Å²) in [5.41, 5.74) is 0. The molecule has 0 unspecified atom stereocenters. The van der Waals surface area contributed by atoms with Crippen LogP contribution < -0.4 is 10.6 Å². The number of aliphatic carboxylic acids is 1. The Balaban J connectivity index is 5.01. The molecule has 0 aromatic carbocycles. The lowest BCUT2D eigenvalue weighted by Gasteiger charge is -2.25. The minimum Gasteiger partial charge on any atom is -0.480 e. The smallest absolute Gasteiger partial charge is 0.401 e. The highest BCUT2D eigenvalue weighted by atomic mass is 19.4. The SMILES string of the molecule is COC(=O)[C@H](C)NC[C@H](C(=O)N[C@H](C(=O)O)C(C)C)C(F)(F)F. The van der Waals surface area contributed by atoms with E-state index in [9.17, 15) is 27.6 Å². The number of amides is 1. The highest BCUT2D eigenvalue weighted by molar-refractivity contribution is 5.85. The molecule has 3 N–H and O–H groups in total. The molecule has 0 radical (unpaired) electrons. The lowest BCUT2D eigenvalue weighted by Crippen LogP contribution is -2.53. The molecular weight excluding hydrogens is 321 g/mol. The third-order valence-electron chi connectivity index (χ3n) is 3.12. The maximum Gasteiger partial charge on any atom is 0.401 e. The van der Waals surface area contributed by atoms with Gasteiger partial charge in [0.25, 0.3) is 0 Å². The number of nitrogens with one attached hydrogen (secondary N) is 2. The summed E-state index contributed by atoms with van der Waals surface area (Å²) in [6.07, 6.45) is -4.90. The molecular formula is C13H21F3N2O5. The number of carboxylic acid groups (broad SMARTS) is 1. The van der Waals surface area contributed by atoms with Gasteiger partial charge >= 0.3 is 18.1 Å². The van der Waals surface area contributed by atoms with Crippen LogP contribution in [0.3, 0.4) is 0 Å². The molecule has 0 aliphatic heterocycles. The second-order valence-corrected chi connectivity index (χ2v) is 5.32. The molecule has 0 aliphatic carbocycles. The van der Waals surface area contributed by atoms with Crippen LogP contribution in [0, 0.1) is 11.8 Å². The van der Waals surface area contributed by atoms with E-state index in [0.717, 1.165) is 7.11 Å². The van der Waals surface area contributed by atoms with E-state index in [-0.39, 0.29) is 0 Å². The summed E-state index contributed by atoms with van der Waals surface area (Å²) < 4.78 is 43.3. The molecule has 0 bridgehead atoms. The van der Waals surface area contributed by atoms with Gasteiger partial charge in [0.2, 0.25) is 5.91 Å². The number of carboxylic acids is 1. The van der Waals surface area contributed by atoms with Crippen molar-refractivity contribution in [1.82, 2.24) is 10.6 Å². The van der Waals surface area contributed by atoms with Crippen LogP contribution in [0.5, 0.6) is 0 Å². The molecule has 0 heterocycles. The van der Waals surface area contributed by atoms with E-state index in [4.69, 9.17) is 5.11 Å². The number of hydrogen-bond donors (Lipinski definition) is 3. The van der Waals surface area contributed by atoms with Gasteiger partial charge in [-0.1, -0.05) is 13.8 Å². The molecule has 0 fully saturated rings. The van der Waals surface area contributed by atoms with Gasteiger partial charge < -0.3 is 20.5 Å². The molecule has 3 atom stereocenters. The van der Waals surface area contributed by atoms with Crippen LogP contribution in [-0.4, -0.2) is 54.9 Å². The first-order valence-corrected chi connectivity index (χ1v) is 6.82. The fourth-order valence-electron chi connectivity index (χ4n) is 1.68. The zero-order valence-electron chi connectivity index (χ0n) is 13.2. The van der Waals surface area contributed by atoms with E-state index in [1.165, 1.54) is 20.8 Å². The Morgan fingerprint density at radius 1 is 1.17 bits per heavy atom. The topological polar surface area (TPSA) is 105 Å². The van der Waals surface area contributed by atoms with E-state index < -0.39 is 54.5 Å². The third-order valence-corrected chi connectivity index (χ3v) is 3.12. The number of methoxy groups -OCH3 is 1. The first-order chi connectivity index (χ1) is 10.4. The minimum atomic E-state index is -4.90. The van der Waals surface area contributed by atoms with E-state index in [1.54, 1.807) is 0 Å². The number of carbonyl (C=O) groups is 3. The Kier molecular flexibility index (Phi) is 8.01. The molecule has 10 heteroatoms. The van der Waals surface area contributed by atoms with Gasteiger partial charge in [0.1, 0.15) is 18.0 Å². The highest BCUT2D eigenvalue weighted by Gasteiger charge is 2.46. The van der Waals surface area contributed by atoms with Gasteiger partial charge in [0.05, 0.1) is 7.11 Å². The monoisotopic (exact) mass is 342 g/mol. The molecule has 134 valence electrons. The number of esters is 1.